The zero-order valence-corrected chi connectivity index (χ0v) is 14.8. The van der Waals surface area contributed by atoms with Crippen molar-refractivity contribution in [2.75, 3.05) is 29.1 Å². The van der Waals surface area contributed by atoms with Crippen molar-refractivity contribution in [3.05, 3.63) is 36.0 Å². The third kappa shape index (κ3) is 5.22. The average molecular weight is 327 g/mol. The van der Waals surface area contributed by atoms with Crippen LogP contribution in [0.25, 0.3) is 0 Å². The topological polar surface area (TPSA) is 70.2 Å². The van der Waals surface area contributed by atoms with Crippen molar-refractivity contribution < 1.29 is 4.79 Å². The Kier molecular flexibility index (Phi) is 6.12. The maximum absolute atomic E-state index is 11.2. The van der Waals surface area contributed by atoms with E-state index in [1.165, 1.54) is 6.92 Å². The fourth-order valence-electron chi connectivity index (χ4n) is 2.31. The van der Waals surface area contributed by atoms with E-state index in [9.17, 15) is 4.79 Å². The minimum Gasteiger partial charge on any atom is -0.344 e. The number of anilines is 4. The highest BCUT2D eigenvalue weighted by Crippen LogP contribution is 2.21. The normalized spacial score (nSPS) is 10.3. The molecule has 0 aliphatic carbocycles. The van der Waals surface area contributed by atoms with Gasteiger partial charge in [-0.2, -0.15) is 4.98 Å². The molecule has 2 aromatic rings. The van der Waals surface area contributed by atoms with Crippen molar-refractivity contribution >= 4 is 29.0 Å². The Morgan fingerprint density at radius 3 is 2.67 bits per heavy atom. The predicted molar refractivity (Wildman–Crippen MR) is 99.0 cm³/mol. The SMILES string of the molecule is CCCCN(C)c1nc(C)cc(Nc2cccc(NC(C)=O)c2)n1. The second-order valence-electron chi connectivity index (χ2n) is 5.86. The van der Waals surface area contributed by atoms with Gasteiger partial charge in [0.25, 0.3) is 0 Å². The molecule has 6 heteroatoms. The Bertz CT molecular complexity index is 702. The minimum absolute atomic E-state index is 0.0927. The van der Waals surface area contributed by atoms with Gasteiger partial charge in [-0.05, 0) is 31.5 Å². The van der Waals surface area contributed by atoms with Crippen LogP contribution in [-0.4, -0.2) is 29.5 Å². The van der Waals surface area contributed by atoms with Crippen molar-refractivity contribution in [2.24, 2.45) is 0 Å². The molecular formula is C18H25N5O. The summed E-state index contributed by atoms with van der Waals surface area (Å²) in [5.74, 6) is 1.36. The molecule has 0 bridgehead atoms. The number of nitrogens with one attached hydrogen (secondary N) is 2. The lowest BCUT2D eigenvalue weighted by atomic mass is 10.2. The van der Waals surface area contributed by atoms with Crippen LogP contribution in [0.2, 0.25) is 0 Å². The lowest BCUT2D eigenvalue weighted by Crippen LogP contribution is -2.21. The largest absolute Gasteiger partial charge is 0.344 e. The number of amides is 1. The van der Waals surface area contributed by atoms with E-state index in [0.29, 0.717) is 5.95 Å². The van der Waals surface area contributed by atoms with Gasteiger partial charge in [0.05, 0.1) is 0 Å². The summed E-state index contributed by atoms with van der Waals surface area (Å²) in [4.78, 5) is 22.3. The first-order valence-electron chi connectivity index (χ1n) is 8.19. The van der Waals surface area contributed by atoms with Gasteiger partial charge in [-0.15, -0.1) is 0 Å². The molecule has 2 rings (SSSR count). The molecule has 1 aromatic heterocycles. The molecule has 0 unspecified atom stereocenters. The molecular weight excluding hydrogens is 302 g/mol. The van der Waals surface area contributed by atoms with Gasteiger partial charge in [-0.1, -0.05) is 19.4 Å². The van der Waals surface area contributed by atoms with Crippen LogP contribution >= 0.6 is 0 Å². The van der Waals surface area contributed by atoms with Crippen molar-refractivity contribution in [2.45, 2.75) is 33.6 Å². The number of carbonyl (C=O) groups is 1. The van der Waals surface area contributed by atoms with Crippen molar-refractivity contribution in [1.29, 1.82) is 0 Å². The van der Waals surface area contributed by atoms with Crippen molar-refractivity contribution in [3.8, 4) is 0 Å². The number of aromatic nitrogens is 2. The summed E-state index contributed by atoms with van der Waals surface area (Å²) in [5, 5.41) is 6.06. The van der Waals surface area contributed by atoms with Crippen LogP contribution in [0.4, 0.5) is 23.1 Å². The Labute approximate surface area is 143 Å². The molecule has 0 aliphatic rings. The molecule has 1 amide bonds. The second kappa shape index (κ2) is 8.29. The highest BCUT2D eigenvalue weighted by molar-refractivity contribution is 5.89. The highest BCUT2D eigenvalue weighted by atomic mass is 16.1. The number of aryl methyl sites for hydroxylation is 1. The summed E-state index contributed by atoms with van der Waals surface area (Å²) < 4.78 is 0. The van der Waals surface area contributed by atoms with Crippen LogP contribution in [0.5, 0.6) is 0 Å². The third-order valence-corrected chi connectivity index (χ3v) is 3.49. The second-order valence-corrected chi connectivity index (χ2v) is 5.86. The number of unbranched alkanes of at least 4 members (excludes halogenated alkanes) is 1. The lowest BCUT2D eigenvalue weighted by molar-refractivity contribution is -0.114. The van der Waals surface area contributed by atoms with Crippen LogP contribution in [-0.2, 0) is 4.79 Å². The molecule has 2 N–H and O–H groups in total. The molecule has 0 saturated heterocycles. The van der Waals surface area contributed by atoms with E-state index in [-0.39, 0.29) is 5.91 Å². The van der Waals surface area contributed by atoms with E-state index in [0.717, 1.165) is 42.3 Å². The van der Waals surface area contributed by atoms with E-state index in [1.54, 1.807) is 0 Å². The van der Waals surface area contributed by atoms with Gasteiger partial charge in [0, 0.05) is 43.7 Å². The van der Waals surface area contributed by atoms with E-state index in [2.05, 4.69) is 32.4 Å². The molecule has 128 valence electrons. The van der Waals surface area contributed by atoms with Gasteiger partial charge < -0.3 is 15.5 Å². The van der Waals surface area contributed by atoms with Crippen LogP contribution in [0.15, 0.2) is 30.3 Å². The molecule has 0 spiro atoms. The smallest absolute Gasteiger partial charge is 0.227 e. The Balaban J connectivity index is 2.17. The summed E-state index contributed by atoms with van der Waals surface area (Å²) in [6.45, 7) is 6.54. The van der Waals surface area contributed by atoms with Gasteiger partial charge in [0.15, 0.2) is 0 Å². The molecule has 1 heterocycles. The molecule has 1 aromatic carbocycles. The molecule has 0 saturated carbocycles. The number of nitrogens with zero attached hydrogens (tertiary/aromatic N) is 3. The predicted octanol–water partition coefficient (Wildman–Crippen LogP) is 3.72. The van der Waals surface area contributed by atoms with Gasteiger partial charge in [-0.3, -0.25) is 4.79 Å². The summed E-state index contributed by atoms with van der Waals surface area (Å²) in [6.07, 6.45) is 2.24. The van der Waals surface area contributed by atoms with Gasteiger partial charge in [0.2, 0.25) is 11.9 Å². The average Bonchev–Trinajstić information content (AvgIpc) is 2.51. The summed E-state index contributed by atoms with van der Waals surface area (Å²) in [5.41, 5.74) is 2.52. The van der Waals surface area contributed by atoms with E-state index in [4.69, 9.17) is 0 Å². The van der Waals surface area contributed by atoms with E-state index >= 15 is 0 Å². The Morgan fingerprint density at radius 1 is 1.21 bits per heavy atom. The zero-order chi connectivity index (χ0) is 17.5. The minimum atomic E-state index is -0.0927. The molecule has 6 nitrogen and oxygen atoms in total. The molecule has 0 radical (unpaired) electrons. The van der Waals surface area contributed by atoms with E-state index < -0.39 is 0 Å². The third-order valence-electron chi connectivity index (χ3n) is 3.49. The highest BCUT2D eigenvalue weighted by Gasteiger charge is 2.08. The summed E-state index contributed by atoms with van der Waals surface area (Å²) >= 11 is 0. The first-order chi connectivity index (χ1) is 11.5. The van der Waals surface area contributed by atoms with Crippen LogP contribution in [0.1, 0.15) is 32.4 Å². The van der Waals surface area contributed by atoms with Gasteiger partial charge in [-0.25, -0.2) is 4.98 Å². The number of hydrogen-bond donors (Lipinski definition) is 2. The number of carbonyl (C=O) groups excluding carboxylic acids is 1. The lowest BCUT2D eigenvalue weighted by Gasteiger charge is -2.18. The van der Waals surface area contributed by atoms with Crippen molar-refractivity contribution in [1.82, 2.24) is 9.97 Å². The quantitative estimate of drug-likeness (QED) is 0.811. The first kappa shape index (κ1) is 17.7. The maximum Gasteiger partial charge on any atom is 0.227 e. The summed E-state index contributed by atoms with van der Waals surface area (Å²) in [6, 6.07) is 9.45. The Hall–Kier alpha value is -2.63. The molecule has 0 atom stereocenters. The fourth-order valence-corrected chi connectivity index (χ4v) is 2.31. The van der Waals surface area contributed by atoms with Crippen LogP contribution < -0.4 is 15.5 Å². The molecule has 0 fully saturated rings. The van der Waals surface area contributed by atoms with Crippen molar-refractivity contribution in [3.63, 3.8) is 0 Å². The first-order valence-corrected chi connectivity index (χ1v) is 8.19. The molecule has 24 heavy (non-hydrogen) atoms. The molecule has 0 aliphatic heterocycles. The fraction of sp³-hybridized carbons (Fsp3) is 0.389. The zero-order valence-electron chi connectivity index (χ0n) is 14.8. The van der Waals surface area contributed by atoms with E-state index in [1.807, 2.05) is 44.3 Å². The summed E-state index contributed by atoms with van der Waals surface area (Å²) in [7, 11) is 2.01. The number of rotatable bonds is 7. The van der Waals surface area contributed by atoms with Gasteiger partial charge in [0.1, 0.15) is 5.82 Å². The van der Waals surface area contributed by atoms with Crippen LogP contribution in [0, 0.1) is 6.92 Å². The van der Waals surface area contributed by atoms with Gasteiger partial charge >= 0.3 is 0 Å². The maximum atomic E-state index is 11.2. The Morgan fingerprint density at radius 2 is 1.96 bits per heavy atom. The number of hydrogen-bond acceptors (Lipinski definition) is 5. The standard InChI is InChI=1S/C18H25N5O/c1-5-6-10-23(4)18-19-13(2)11-17(22-18)21-16-9-7-8-15(12-16)20-14(3)24/h7-9,11-12H,5-6,10H2,1-4H3,(H,20,24)(H,19,21,22). The van der Waals surface area contributed by atoms with Crippen LogP contribution in [0.3, 0.4) is 0 Å². The number of benzene rings is 1. The monoisotopic (exact) mass is 327 g/mol.